The van der Waals surface area contributed by atoms with Gasteiger partial charge in [0.25, 0.3) is 10.0 Å². The molecule has 34 heavy (non-hydrogen) atoms. The maximum atomic E-state index is 13.5. The van der Waals surface area contributed by atoms with E-state index in [1.54, 1.807) is 42.1 Å². The Kier molecular flexibility index (Phi) is 9.27. The number of anilines is 1. The van der Waals surface area contributed by atoms with Crippen molar-refractivity contribution in [3.8, 4) is 5.75 Å². The van der Waals surface area contributed by atoms with Gasteiger partial charge in [0, 0.05) is 23.1 Å². The van der Waals surface area contributed by atoms with Gasteiger partial charge in [0.05, 0.1) is 17.7 Å². The highest BCUT2D eigenvalue weighted by molar-refractivity contribution is 7.98. The number of hydrogen-bond donors (Lipinski definition) is 1. The van der Waals surface area contributed by atoms with Crippen molar-refractivity contribution in [1.82, 2.24) is 5.32 Å². The molecular weight excluding hydrogens is 492 g/mol. The molecule has 9 heteroatoms. The van der Waals surface area contributed by atoms with Crippen LogP contribution in [0.4, 0.5) is 5.69 Å². The van der Waals surface area contributed by atoms with Crippen LogP contribution >= 0.6 is 23.4 Å². The summed E-state index contributed by atoms with van der Waals surface area (Å²) in [4.78, 5) is 12.8. The first-order valence-electron chi connectivity index (χ1n) is 10.6. The van der Waals surface area contributed by atoms with Crippen LogP contribution in [0, 0.1) is 6.92 Å². The Morgan fingerprint density at radius 3 is 2.47 bits per heavy atom. The summed E-state index contributed by atoms with van der Waals surface area (Å²) in [5.74, 6) is 1.42. The van der Waals surface area contributed by atoms with Gasteiger partial charge in [-0.1, -0.05) is 54.1 Å². The lowest BCUT2D eigenvalue weighted by atomic mass is 10.1. The van der Waals surface area contributed by atoms with Gasteiger partial charge >= 0.3 is 0 Å². The average Bonchev–Trinajstić information content (AvgIpc) is 2.84. The molecular formula is C25H27ClN2O4S2. The molecule has 3 aromatic carbocycles. The lowest BCUT2D eigenvalue weighted by molar-refractivity contribution is -0.119. The molecule has 3 rings (SSSR count). The van der Waals surface area contributed by atoms with E-state index in [9.17, 15) is 13.2 Å². The van der Waals surface area contributed by atoms with Gasteiger partial charge < -0.3 is 10.1 Å². The summed E-state index contributed by atoms with van der Waals surface area (Å²) in [5, 5.41) is 3.15. The number of nitrogens with zero attached hydrogens (tertiary/aromatic N) is 1. The summed E-state index contributed by atoms with van der Waals surface area (Å²) < 4.78 is 33.3. The minimum Gasteiger partial charge on any atom is -0.495 e. The van der Waals surface area contributed by atoms with Crippen molar-refractivity contribution >= 4 is 45.0 Å². The van der Waals surface area contributed by atoms with E-state index in [0.29, 0.717) is 23.1 Å². The monoisotopic (exact) mass is 518 g/mol. The number of halogens is 1. The highest BCUT2D eigenvalue weighted by Crippen LogP contribution is 2.34. The second kappa shape index (κ2) is 12.1. The molecule has 1 amide bonds. The van der Waals surface area contributed by atoms with Gasteiger partial charge in [0.15, 0.2) is 0 Å². The molecule has 0 aliphatic carbocycles. The van der Waals surface area contributed by atoms with E-state index in [4.69, 9.17) is 16.3 Å². The van der Waals surface area contributed by atoms with Crippen LogP contribution in [0.5, 0.6) is 5.75 Å². The van der Waals surface area contributed by atoms with Gasteiger partial charge in [-0.3, -0.25) is 9.10 Å². The van der Waals surface area contributed by atoms with Crippen LogP contribution in [0.2, 0.25) is 5.02 Å². The molecule has 0 fully saturated rings. The number of nitrogens with one attached hydrogen (secondary N) is 1. The highest BCUT2D eigenvalue weighted by Gasteiger charge is 2.29. The van der Waals surface area contributed by atoms with E-state index >= 15 is 0 Å². The number of carbonyl (C=O) groups is 1. The summed E-state index contributed by atoms with van der Waals surface area (Å²) in [6, 6.07) is 20.8. The molecule has 0 saturated carbocycles. The van der Waals surface area contributed by atoms with Gasteiger partial charge in [-0.25, -0.2) is 8.42 Å². The van der Waals surface area contributed by atoms with Gasteiger partial charge in [0.2, 0.25) is 5.91 Å². The SMILES string of the molecule is COc1ccc(Cl)cc1N(CC(=O)NCCSCc1ccccc1C)S(=O)(=O)c1ccccc1. The largest absolute Gasteiger partial charge is 0.495 e. The lowest BCUT2D eigenvalue weighted by Crippen LogP contribution is -2.41. The molecule has 0 saturated heterocycles. The number of sulfonamides is 1. The van der Waals surface area contributed by atoms with Crippen molar-refractivity contribution in [1.29, 1.82) is 0 Å². The number of carbonyl (C=O) groups excluding carboxylic acids is 1. The summed E-state index contributed by atoms with van der Waals surface area (Å²) >= 11 is 7.85. The van der Waals surface area contributed by atoms with E-state index in [2.05, 4.69) is 24.4 Å². The zero-order chi connectivity index (χ0) is 24.6. The summed E-state index contributed by atoms with van der Waals surface area (Å²) in [6.45, 7) is 2.08. The molecule has 0 aliphatic rings. The second-order valence-corrected chi connectivity index (χ2v) is 10.9. The number of methoxy groups -OCH3 is 1. The lowest BCUT2D eigenvalue weighted by Gasteiger charge is -2.25. The quantitative estimate of drug-likeness (QED) is 0.365. The van der Waals surface area contributed by atoms with E-state index < -0.39 is 22.5 Å². The molecule has 0 atom stereocenters. The van der Waals surface area contributed by atoms with E-state index in [0.717, 1.165) is 10.1 Å². The van der Waals surface area contributed by atoms with Crippen LogP contribution in [0.3, 0.4) is 0 Å². The van der Waals surface area contributed by atoms with Crippen molar-refractivity contribution in [2.24, 2.45) is 0 Å². The molecule has 0 radical (unpaired) electrons. The Morgan fingerprint density at radius 1 is 1.06 bits per heavy atom. The minimum atomic E-state index is -4.05. The first-order valence-corrected chi connectivity index (χ1v) is 13.6. The third-order valence-corrected chi connectivity index (χ3v) is 8.13. The Hall–Kier alpha value is -2.68. The molecule has 180 valence electrons. The number of hydrogen-bond acceptors (Lipinski definition) is 5. The fraction of sp³-hybridized carbons (Fsp3) is 0.240. The molecule has 3 aromatic rings. The smallest absolute Gasteiger partial charge is 0.264 e. The van der Waals surface area contributed by atoms with Gasteiger partial charge in [-0.2, -0.15) is 11.8 Å². The van der Waals surface area contributed by atoms with Crippen LogP contribution in [0.25, 0.3) is 0 Å². The Balaban J connectivity index is 1.71. The Morgan fingerprint density at radius 2 is 1.76 bits per heavy atom. The molecule has 0 heterocycles. The number of amides is 1. The maximum Gasteiger partial charge on any atom is 0.264 e. The van der Waals surface area contributed by atoms with Crippen LogP contribution in [0.1, 0.15) is 11.1 Å². The molecule has 1 N–H and O–H groups in total. The molecule has 0 aromatic heterocycles. The molecule has 0 bridgehead atoms. The van der Waals surface area contributed by atoms with Crippen LogP contribution < -0.4 is 14.4 Å². The predicted octanol–water partition coefficient (Wildman–Crippen LogP) is 4.90. The van der Waals surface area contributed by atoms with Gasteiger partial charge in [-0.05, 0) is 48.4 Å². The van der Waals surface area contributed by atoms with E-state index in [1.165, 1.54) is 36.4 Å². The molecule has 0 aliphatic heterocycles. The summed E-state index contributed by atoms with van der Waals surface area (Å²) in [5.41, 5.74) is 2.69. The number of rotatable bonds is 11. The van der Waals surface area contributed by atoms with Crippen molar-refractivity contribution in [3.05, 3.63) is 88.9 Å². The fourth-order valence-corrected chi connectivity index (χ4v) is 5.83. The third-order valence-electron chi connectivity index (χ3n) is 5.12. The molecule has 0 unspecified atom stereocenters. The standard InChI is InChI=1S/C25H27ClN2O4S2/c1-19-8-6-7-9-20(19)18-33-15-14-27-25(29)17-28(23-16-21(26)12-13-24(23)32-2)34(30,31)22-10-4-3-5-11-22/h3-13,16H,14-15,17-18H2,1-2H3,(H,27,29). The molecule has 6 nitrogen and oxygen atoms in total. The number of aryl methyl sites for hydroxylation is 1. The normalized spacial score (nSPS) is 11.1. The van der Waals surface area contributed by atoms with Crippen molar-refractivity contribution in [2.45, 2.75) is 17.6 Å². The van der Waals surface area contributed by atoms with E-state index in [1.807, 2.05) is 12.1 Å². The fourth-order valence-electron chi connectivity index (χ4n) is 3.28. The summed E-state index contributed by atoms with van der Waals surface area (Å²) in [6.07, 6.45) is 0. The van der Waals surface area contributed by atoms with Gasteiger partial charge in [0.1, 0.15) is 12.3 Å². The first-order chi connectivity index (χ1) is 16.3. The van der Waals surface area contributed by atoms with Crippen LogP contribution in [-0.4, -0.2) is 40.3 Å². The first kappa shape index (κ1) is 25.9. The summed E-state index contributed by atoms with van der Waals surface area (Å²) in [7, 11) is -2.61. The predicted molar refractivity (Wildman–Crippen MR) is 139 cm³/mol. The Labute approximate surface area is 210 Å². The maximum absolute atomic E-state index is 13.5. The Bertz CT molecular complexity index is 1220. The van der Waals surface area contributed by atoms with Gasteiger partial charge in [-0.15, -0.1) is 0 Å². The zero-order valence-corrected chi connectivity index (χ0v) is 21.4. The zero-order valence-electron chi connectivity index (χ0n) is 19.0. The topological polar surface area (TPSA) is 75.7 Å². The van der Waals surface area contributed by atoms with Crippen molar-refractivity contribution in [2.75, 3.05) is 30.3 Å². The average molecular weight is 519 g/mol. The number of benzene rings is 3. The van der Waals surface area contributed by atoms with Crippen molar-refractivity contribution < 1.29 is 17.9 Å². The highest BCUT2D eigenvalue weighted by atomic mass is 35.5. The second-order valence-electron chi connectivity index (χ2n) is 7.47. The third kappa shape index (κ3) is 6.68. The minimum absolute atomic E-state index is 0.0682. The van der Waals surface area contributed by atoms with Crippen LogP contribution in [-0.2, 0) is 20.6 Å². The number of thioether (sulfide) groups is 1. The number of ether oxygens (including phenoxy) is 1. The van der Waals surface area contributed by atoms with Crippen molar-refractivity contribution in [3.63, 3.8) is 0 Å². The molecule has 0 spiro atoms. The van der Waals surface area contributed by atoms with Crippen LogP contribution in [0.15, 0.2) is 77.7 Å². The van der Waals surface area contributed by atoms with E-state index in [-0.39, 0.29) is 10.6 Å².